The zero-order valence-corrected chi connectivity index (χ0v) is 13.5. The lowest BCUT2D eigenvalue weighted by Crippen LogP contribution is -2.36. The molecule has 2 aliphatic rings. The van der Waals surface area contributed by atoms with Gasteiger partial charge in [-0.2, -0.15) is 0 Å². The summed E-state index contributed by atoms with van der Waals surface area (Å²) >= 11 is 0. The minimum atomic E-state index is 0.748. The Morgan fingerprint density at radius 2 is 2.14 bits per heavy atom. The highest BCUT2D eigenvalue weighted by molar-refractivity contribution is 5.12. The summed E-state index contributed by atoms with van der Waals surface area (Å²) in [6.45, 7) is 7.54. The lowest BCUT2D eigenvalue weighted by molar-refractivity contribution is 0.205. The van der Waals surface area contributed by atoms with Crippen molar-refractivity contribution in [3.63, 3.8) is 0 Å². The zero-order chi connectivity index (χ0) is 14.7. The van der Waals surface area contributed by atoms with Crippen LogP contribution in [0, 0.1) is 0 Å². The number of furan rings is 1. The van der Waals surface area contributed by atoms with E-state index in [9.17, 15) is 0 Å². The van der Waals surface area contributed by atoms with Crippen LogP contribution in [0.25, 0.3) is 0 Å². The van der Waals surface area contributed by atoms with Crippen LogP contribution in [0.4, 0.5) is 0 Å². The van der Waals surface area contributed by atoms with E-state index in [1.807, 2.05) is 6.26 Å². The third-order valence-electron chi connectivity index (χ3n) is 5.08. The van der Waals surface area contributed by atoms with Crippen LogP contribution in [0.1, 0.15) is 43.9 Å². The largest absolute Gasteiger partial charge is 0.468 e. The molecule has 2 aliphatic heterocycles. The Hall–Kier alpha value is -0.840. The molecule has 3 heterocycles. The van der Waals surface area contributed by atoms with E-state index in [2.05, 4.69) is 35.2 Å². The second-order valence-electron chi connectivity index (χ2n) is 6.67. The Balaban J connectivity index is 1.52. The normalized spacial score (nSPS) is 27.1. The molecule has 1 aromatic rings. The Kier molecular flexibility index (Phi) is 4.99. The van der Waals surface area contributed by atoms with Crippen molar-refractivity contribution < 1.29 is 4.42 Å². The molecule has 0 radical (unpaired) electrons. The first-order chi connectivity index (χ1) is 10.3. The number of hydrogen-bond donors (Lipinski definition) is 1. The van der Waals surface area contributed by atoms with Crippen LogP contribution in [0.3, 0.4) is 0 Å². The number of likely N-dealkylation sites (tertiary alicyclic amines) is 1. The standard InChI is InChI=1S/C17H29N3O/c1-3-7-18-10-14-9-17(21-13-14)12-20-8-6-15-4-5-16(11-20)19(15)2/h9,13,15-16,18H,3-8,10-12H2,1-2H3. The van der Waals surface area contributed by atoms with E-state index >= 15 is 0 Å². The fourth-order valence-electron chi connectivity index (χ4n) is 3.75. The van der Waals surface area contributed by atoms with E-state index in [-0.39, 0.29) is 0 Å². The Bertz CT molecular complexity index is 445. The van der Waals surface area contributed by atoms with Gasteiger partial charge in [0, 0.05) is 37.3 Å². The molecular weight excluding hydrogens is 262 g/mol. The van der Waals surface area contributed by atoms with E-state index in [0.29, 0.717) is 0 Å². The third-order valence-corrected chi connectivity index (χ3v) is 5.08. The number of rotatable bonds is 6. The molecular formula is C17H29N3O. The fourth-order valence-corrected chi connectivity index (χ4v) is 3.75. The van der Waals surface area contributed by atoms with E-state index in [4.69, 9.17) is 4.42 Å². The first-order valence-corrected chi connectivity index (χ1v) is 8.47. The van der Waals surface area contributed by atoms with Gasteiger partial charge in [-0.1, -0.05) is 6.92 Å². The van der Waals surface area contributed by atoms with Gasteiger partial charge >= 0.3 is 0 Å². The summed E-state index contributed by atoms with van der Waals surface area (Å²) in [5.74, 6) is 1.11. The molecule has 4 heteroatoms. The van der Waals surface area contributed by atoms with Gasteiger partial charge in [0.1, 0.15) is 5.76 Å². The molecule has 118 valence electrons. The van der Waals surface area contributed by atoms with E-state index in [1.165, 1.54) is 44.3 Å². The Labute approximate surface area is 128 Å². The predicted molar refractivity (Wildman–Crippen MR) is 85.2 cm³/mol. The molecule has 0 aromatic carbocycles. The van der Waals surface area contributed by atoms with Gasteiger partial charge < -0.3 is 9.73 Å². The molecule has 2 saturated heterocycles. The highest BCUT2D eigenvalue weighted by atomic mass is 16.3. The van der Waals surface area contributed by atoms with Crippen LogP contribution in [0.15, 0.2) is 16.7 Å². The van der Waals surface area contributed by atoms with Crippen molar-refractivity contribution in [2.75, 3.05) is 26.7 Å². The van der Waals surface area contributed by atoms with Crippen molar-refractivity contribution in [1.29, 1.82) is 0 Å². The number of nitrogens with one attached hydrogen (secondary N) is 1. The zero-order valence-electron chi connectivity index (χ0n) is 13.5. The van der Waals surface area contributed by atoms with Gasteiger partial charge in [0.05, 0.1) is 12.8 Å². The van der Waals surface area contributed by atoms with Gasteiger partial charge in [0.15, 0.2) is 0 Å². The van der Waals surface area contributed by atoms with E-state index in [0.717, 1.165) is 37.5 Å². The molecule has 2 atom stereocenters. The van der Waals surface area contributed by atoms with Gasteiger partial charge in [-0.25, -0.2) is 0 Å². The van der Waals surface area contributed by atoms with Crippen LogP contribution in [-0.4, -0.2) is 48.6 Å². The van der Waals surface area contributed by atoms with Gasteiger partial charge in [-0.15, -0.1) is 0 Å². The Morgan fingerprint density at radius 1 is 1.29 bits per heavy atom. The molecule has 1 N–H and O–H groups in total. The summed E-state index contributed by atoms with van der Waals surface area (Å²) in [5, 5.41) is 3.43. The summed E-state index contributed by atoms with van der Waals surface area (Å²) < 4.78 is 5.75. The monoisotopic (exact) mass is 291 g/mol. The van der Waals surface area contributed by atoms with Crippen molar-refractivity contribution in [3.05, 3.63) is 23.7 Å². The van der Waals surface area contributed by atoms with Gasteiger partial charge in [0.25, 0.3) is 0 Å². The molecule has 2 bridgehead atoms. The summed E-state index contributed by atoms with van der Waals surface area (Å²) in [6.07, 6.45) is 7.15. The molecule has 0 saturated carbocycles. The lowest BCUT2D eigenvalue weighted by Gasteiger charge is -2.24. The summed E-state index contributed by atoms with van der Waals surface area (Å²) in [7, 11) is 2.30. The number of nitrogens with zero attached hydrogens (tertiary/aromatic N) is 2. The molecule has 2 fully saturated rings. The van der Waals surface area contributed by atoms with E-state index in [1.54, 1.807) is 0 Å². The maximum atomic E-state index is 5.75. The van der Waals surface area contributed by atoms with Gasteiger partial charge in [-0.05, 0) is 45.3 Å². The predicted octanol–water partition coefficient (Wildman–Crippen LogP) is 2.45. The molecule has 0 amide bonds. The molecule has 0 aliphatic carbocycles. The molecule has 3 rings (SSSR count). The summed E-state index contributed by atoms with van der Waals surface area (Å²) in [5.41, 5.74) is 1.27. The molecule has 4 nitrogen and oxygen atoms in total. The first-order valence-electron chi connectivity index (χ1n) is 8.47. The third kappa shape index (κ3) is 3.68. The summed E-state index contributed by atoms with van der Waals surface area (Å²) in [6, 6.07) is 3.78. The Morgan fingerprint density at radius 3 is 3.00 bits per heavy atom. The van der Waals surface area contributed by atoms with E-state index < -0.39 is 0 Å². The minimum Gasteiger partial charge on any atom is -0.468 e. The second-order valence-corrected chi connectivity index (χ2v) is 6.67. The first kappa shape index (κ1) is 15.1. The van der Waals surface area contributed by atoms with Gasteiger partial charge in [-0.3, -0.25) is 9.80 Å². The molecule has 0 spiro atoms. The van der Waals surface area contributed by atoms with Crippen molar-refractivity contribution in [1.82, 2.24) is 15.1 Å². The van der Waals surface area contributed by atoms with Crippen molar-refractivity contribution in [3.8, 4) is 0 Å². The average molecular weight is 291 g/mol. The topological polar surface area (TPSA) is 31.7 Å². The van der Waals surface area contributed by atoms with Crippen LogP contribution >= 0.6 is 0 Å². The quantitative estimate of drug-likeness (QED) is 0.816. The number of likely N-dealkylation sites (N-methyl/N-ethyl adjacent to an activating group) is 1. The maximum absolute atomic E-state index is 5.75. The molecule has 1 aromatic heterocycles. The maximum Gasteiger partial charge on any atom is 0.118 e. The minimum absolute atomic E-state index is 0.748. The number of fused-ring (bicyclic) bond motifs is 2. The van der Waals surface area contributed by atoms with Crippen molar-refractivity contribution >= 4 is 0 Å². The van der Waals surface area contributed by atoms with Crippen LogP contribution < -0.4 is 5.32 Å². The average Bonchev–Trinajstić information content (AvgIpc) is 2.99. The van der Waals surface area contributed by atoms with Crippen LogP contribution in [-0.2, 0) is 13.1 Å². The fraction of sp³-hybridized carbons (Fsp3) is 0.765. The van der Waals surface area contributed by atoms with Crippen LogP contribution in [0.5, 0.6) is 0 Å². The smallest absolute Gasteiger partial charge is 0.118 e. The SMILES string of the molecule is CCCNCc1coc(CN2CCC3CCC(C2)N3C)c1. The van der Waals surface area contributed by atoms with Crippen molar-refractivity contribution in [2.24, 2.45) is 0 Å². The van der Waals surface area contributed by atoms with Crippen molar-refractivity contribution in [2.45, 2.75) is 57.8 Å². The number of hydrogen-bond acceptors (Lipinski definition) is 4. The highest BCUT2D eigenvalue weighted by Gasteiger charge is 2.34. The summed E-state index contributed by atoms with van der Waals surface area (Å²) in [4.78, 5) is 5.17. The lowest BCUT2D eigenvalue weighted by atomic mass is 10.1. The van der Waals surface area contributed by atoms with Crippen LogP contribution in [0.2, 0.25) is 0 Å². The highest BCUT2D eigenvalue weighted by Crippen LogP contribution is 2.29. The second kappa shape index (κ2) is 6.95. The molecule has 21 heavy (non-hydrogen) atoms. The molecule has 2 unspecified atom stereocenters. The van der Waals surface area contributed by atoms with Gasteiger partial charge in [0.2, 0.25) is 0 Å².